The van der Waals surface area contributed by atoms with E-state index in [2.05, 4.69) is 20.9 Å². The van der Waals surface area contributed by atoms with Crippen LogP contribution < -0.4 is 16.0 Å². The van der Waals surface area contributed by atoms with Crippen LogP contribution in [0.4, 0.5) is 8.78 Å². The number of nitrogens with one attached hydrogen (secondary N) is 3. The first-order valence-electron chi connectivity index (χ1n) is 14.4. The SMILES string of the molecule is CCNC(=O)C[C@H](NC(=O)[C@@H]1[C@@H](F)[C@@H](O)CN1C(=O)[C@@H](NC(=O)C1(F)CC1)C(C)(C)C)c1ccc(-c2scnc2C)cc1. The first-order chi connectivity index (χ1) is 20.2. The average Bonchev–Trinajstić information content (AvgIpc) is 3.43. The van der Waals surface area contributed by atoms with Gasteiger partial charge in [-0.1, -0.05) is 45.0 Å². The molecule has 4 rings (SSSR count). The summed E-state index contributed by atoms with van der Waals surface area (Å²) in [5.41, 5.74) is 1.13. The molecule has 0 radical (unpaired) electrons. The van der Waals surface area contributed by atoms with Crippen molar-refractivity contribution in [1.29, 1.82) is 0 Å². The second-order valence-electron chi connectivity index (χ2n) is 12.3. The molecule has 5 atom stereocenters. The van der Waals surface area contributed by atoms with Crippen LogP contribution in [0.15, 0.2) is 29.8 Å². The first-order valence-corrected chi connectivity index (χ1v) is 15.2. The Balaban J connectivity index is 1.59. The fourth-order valence-electron chi connectivity index (χ4n) is 5.13. The molecule has 1 saturated carbocycles. The number of thiazole rings is 1. The van der Waals surface area contributed by atoms with E-state index in [9.17, 15) is 28.7 Å². The number of carbonyl (C=O) groups is 4. The maximum Gasteiger partial charge on any atom is 0.258 e. The molecule has 1 saturated heterocycles. The van der Waals surface area contributed by atoms with Crippen molar-refractivity contribution in [3.8, 4) is 10.4 Å². The molecule has 1 aliphatic heterocycles. The summed E-state index contributed by atoms with van der Waals surface area (Å²) in [6, 6.07) is 3.30. The van der Waals surface area contributed by atoms with Crippen LogP contribution in [0.1, 0.15) is 64.3 Å². The molecule has 0 unspecified atom stereocenters. The molecule has 1 aliphatic carbocycles. The zero-order valence-corrected chi connectivity index (χ0v) is 25.8. The van der Waals surface area contributed by atoms with Gasteiger partial charge >= 0.3 is 0 Å². The van der Waals surface area contributed by atoms with Crippen LogP contribution in [0.2, 0.25) is 0 Å². The van der Waals surface area contributed by atoms with E-state index in [4.69, 9.17) is 0 Å². The molecule has 2 fully saturated rings. The van der Waals surface area contributed by atoms with E-state index in [0.29, 0.717) is 12.1 Å². The molecule has 4 N–H and O–H groups in total. The molecule has 2 aromatic rings. The summed E-state index contributed by atoms with van der Waals surface area (Å²) in [7, 11) is 0. The van der Waals surface area contributed by atoms with Gasteiger partial charge < -0.3 is 26.0 Å². The van der Waals surface area contributed by atoms with Gasteiger partial charge in [-0.3, -0.25) is 19.2 Å². The lowest BCUT2D eigenvalue weighted by Crippen LogP contribution is -2.60. The van der Waals surface area contributed by atoms with Gasteiger partial charge in [-0.25, -0.2) is 13.8 Å². The summed E-state index contributed by atoms with van der Waals surface area (Å²) in [6.45, 7) is 8.49. The highest BCUT2D eigenvalue weighted by atomic mass is 32.1. The number of carbonyl (C=O) groups excluding carboxylic acids is 4. The minimum absolute atomic E-state index is 0.0434. The number of halogens is 2. The fraction of sp³-hybridized carbons (Fsp3) is 0.567. The largest absolute Gasteiger partial charge is 0.388 e. The molecule has 1 aromatic heterocycles. The lowest BCUT2D eigenvalue weighted by Gasteiger charge is -2.36. The zero-order valence-electron chi connectivity index (χ0n) is 24.9. The van der Waals surface area contributed by atoms with Crippen molar-refractivity contribution in [2.24, 2.45) is 5.41 Å². The molecule has 13 heteroatoms. The van der Waals surface area contributed by atoms with Crippen LogP contribution in [0.25, 0.3) is 10.4 Å². The number of amides is 4. The zero-order chi connectivity index (χ0) is 31.7. The summed E-state index contributed by atoms with van der Waals surface area (Å²) >= 11 is 1.48. The van der Waals surface area contributed by atoms with Gasteiger partial charge in [0.15, 0.2) is 11.8 Å². The average molecular weight is 620 g/mol. The Hall–Kier alpha value is -3.45. The van der Waals surface area contributed by atoms with Gasteiger partial charge in [0.1, 0.15) is 18.2 Å². The highest BCUT2D eigenvalue weighted by molar-refractivity contribution is 7.13. The van der Waals surface area contributed by atoms with E-state index in [-0.39, 0.29) is 25.2 Å². The second-order valence-corrected chi connectivity index (χ2v) is 13.1. The van der Waals surface area contributed by atoms with Gasteiger partial charge in [0, 0.05) is 6.54 Å². The number of aryl methyl sites for hydroxylation is 1. The number of benzene rings is 1. The molecule has 4 amide bonds. The summed E-state index contributed by atoms with van der Waals surface area (Å²) in [6.07, 6.45) is -3.85. The summed E-state index contributed by atoms with van der Waals surface area (Å²) in [5.74, 6) is -2.99. The Kier molecular flexibility index (Phi) is 9.55. The van der Waals surface area contributed by atoms with Crippen molar-refractivity contribution in [2.45, 2.75) is 90.0 Å². The Morgan fingerprint density at radius 3 is 2.35 bits per heavy atom. The summed E-state index contributed by atoms with van der Waals surface area (Å²) in [5, 5.41) is 18.3. The van der Waals surface area contributed by atoms with Crippen molar-refractivity contribution in [3.63, 3.8) is 0 Å². The van der Waals surface area contributed by atoms with Crippen molar-refractivity contribution < 1.29 is 33.1 Å². The highest BCUT2D eigenvalue weighted by Crippen LogP contribution is 2.40. The van der Waals surface area contributed by atoms with Crippen LogP contribution in [0, 0.1) is 12.3 Å². The van der Waals surface area contributed by atoms with Gasteiger partial charge in [0.25, 0.3) is 5.91 Å². The van der Waals surface area contributed by atoms with Crippen molar-refractivity contribution >= 4 is 35.0 Å². The molecule has 2 heterocycles. The predicted molar refractivity (Wildman–Crippen MR) is 157 cm³/mol. The molecule has 0 spiro atoms. The lowest BCUT2D eigenvalue weighted by molar-refractivity contribution is -0.146. The maximum absolute atomic E-state index is 15.4. The number of alkyl halides is 2. The van der Waals surface area contributed by atoms with Gasteiger partial charge in [-0.15, -0.1) is 11.3 Å². The minimum atomic E-state index is -2.13. The first kappa shape index (κ1) is 32.5. The van der Waals surface area contributed by atoms with E-state index < -0.39 is 65.8 Å². The summed E-state index contributed by atoms with van der Waals surface area (Å²) in [4.78, 5) is 58.7. The van der Waals surface area contributed by atoms with Crippen LogP contribution in [-0.4, -0.2) is 81.7 Å². The molecule has 1 aromatic carbocycles. The molecule has 2 aliphatic rings. The molecule has 0 bridgehead atoms. The summed E-state index contributed by atoms with van der Waals surface area (Å²) < 4.78 is 29.9. The number of rotatable bonds is 10. The number of hydrogen-bond acceptors (Lipinski definition) is 7. The molecular formula is C30H39F2N5O5S. The quantitative estimate of drug-likeness (QED) is 0.323. The third-order valence-electron chi connectivity index (χ3n) is 7.83. The number of nitrogens with zero attached hydrogens (tertiary/aromatic N) is 2. The Bertz CT molecular complexity index is 1360. The highest BCUT2D eigenvalue weighted by Gasteiger charge is 2.55. The normalized spacial score (nSPS) is 22.4. The van der Waals surface area contributed by atoms with E-state index >= 15 is 4.39 Å². The third kappa shape index (κ3) is 7.20. The van der Waals surface area contributed by atoms with Crippen molar-refractivity contribution in [2.75, 3.05) is 13.1 Å². The van der Waals surface area contributed by atoms with Crippen LogP contribution in [0.5, 0.6) is 0 Å². The monoisotopic (exact) mass is 619 g/mol. The molecule has 234 valence electrons. The molecule has 43 heavy (non-hydrogen) atoms. The van der Waals surface area contributed by atoms with Crippen LogP contribution >= 0.6 is 11.3 Å². The van der Waals surface area contributed by atoms with Crippen molar-refractivity contribution in [1.82, 2.24) is 25.8 Å². The Morgan fingerprint density at radius 2 is 1.81 bits per heavy atom. The lowest BCUT2D eigenvalue weighted by atomic mass is 9.85. The van der Waals surface area contributed by atoms with Crippen LogP contribution in [-0.2, 0) is 19.2 Å². The Labute approximate surface area is 253 Å². The number of hydrogen-bond donors (Lipinski definition) is 4. The van der Waals surface area contributed by atoms with E-state index in [1.807, 2.05) is 19.1 Å². The standard InChI is InChI=1S/C30H39F2N5O5S/c1-6-33-21(39)13-19(17-7-9-18(10-8-17)24-16(2)34-15-43-24)35-26(40)23-22(31)20(38)14-37(23)27(41)25(29(3,4)5)36-28(42)30(32)11-12-30/h7-10,15,19-20,22-23,25,38H,6,11-14H2,1-5H3,(H,33,39)(H,35,40)(H,36,42)/t19-,20-,22-,23-,25+/m0/s1. The fourth-order valence-corrected chi connectivity index (χ4v) is 5.94. The van der Waals surface area contributed by atoms with E-state index in [0.717, 1.165) is 21.0 Å². The number of aliphatic hydroxyl groups is 1. The topological polar surface area (TPSA) is 141 Å². The number of aromatic nitrogens is 1. The van der Waals surface area contributed by atoms with E-state index in [1.165, 1.54) is 11.3 Å². The van der Waals surface area contributed by atoms with Crippen molar-refractivity contribution in [3.05, 3.63) is 41.0 Å². The maximum atomic E-state index is 15.4. The molecular weight excluding hydrogens is 580 g/mol. The number of β-amino-alcohol motifs (C(OH)–C–C–N with tert-alkyl or cyclic N) is 1. The van der Waals surface area contributed by atoms with E-state index in [1.54, 1.807) is 45.3 Å². The number of aliphatic hydroxyl groups excluding tert-OH is 1. The van der Waals surface area contributed by atoms with Crippen LogP contribution in [0.3, 0.4) is 0 Å². The molecule has 10 nitrogen and oxygen atoms in total. The second kappa shape index (κ2) is 12.7. The Morgan fingerprint density at radius 1 is 1.16 bits per heavy atom. The predicted octanol–water partition coefficient (Wildman–Crippen LogP) is 2.74. The minimum Gasteiger partial charge on any atom is -0.388 e. The van der Waals surface area contributed by atoms with Gasteiger partial charge in [-0.2, -0.15) is 0 Å². The third-order valence-corrected chi connectivity index (χ3v) is 8.80. The van der Waals surface area contributed by atoms with Gasteiger partial charge in [0.2, 0.25) is 17.7 Å². The number of likely N-dealkylation sites (tertiary alicyclic amines) is 1. The van der Waals surface area contributed by atoms with Gasteiger partial charge in [-0.05, 0) is 43.2 Å². The smallest absolute Gasteiger partial charge is 0.258 e. The van der Waals surface area contributed by atoms with Gasteiger partial charge in [0.05, 0.1) is 35.1 Å².